The number of amides is 1. The van der Waals surface area contributed by atoms with Gasteiger partial charge in [0.15, 0.2) is 11.5 Å². The van der Waals surface area contributed by atoms with Gasteiger partial charge >= 0.3 is 0 Å². The van der Waals surface area contributed by atoms with Crippen LogP contribution in [0, 0.1) is 0 Å². The van der Waals surface area contributed by atoms with Crippen molar-refractivity contribution in [2.24, 2.45) is 0 Å². The van der Waals surface area contributed by atoms with Gasteiger partial charge in [0.25, 0.3) is 0 Å². The van der Waals surface area contributed by atoms with E-state index in [1.807, 2.05) is 25.2 Å². The van der Waals surface area contributed by atoms with Crippen LogP contribution < -0.4 is 9.47 Å². The lowest BCUT2D eigenvalue weighted by Crippen LogP contribution is -2.65. The average molecular weight is 559 g/mol. The van der Waals surface area contributed by atoms with Gasteiger partial charge in [0.05, 0.1) is 42.0 Å². The lowest BCUT2D eigenvalue weighted by Gasteiger charge is -2.55. The molecule has 2 aromatic carbocycles. The third kappa shape index (κ3) is 3.47. The maximum atomic E-state index is 13.9. The molecule has 1 spiro atoms. The van der Waals surface area contributed by atoms with Gasteiger partial charge in [-0.15, -0.1) is 0 Å². The molecule has 3 aromatic rings. The first-order valence-corrected chi connectivity index (χ1v) is 14.9. The van der Waals surface area contributed by atoms with Gasteiger partial charge in [0, 0.05) is 30.8 Å². The monoisotopic (exact) mass is 558 g/mol. The quantitative estimate of drug-likeness (QED) is 0.333. The summed E-state index contributed by atoms with van der Waals surface area (Å²) in [5.41, 5.74) is 3.52. The van der Waals surface area contributed by atoms with Crippen LogP contribution in [0.15, 0.2) is 88.1 Å². The molecular formula is C31H30N2O6S. The molecule has 0 radical (unpaired) electrons. The second-order valence-corrected chi connectivity index (χ2v) is 12.7. The summed E-state index contributed by atoms with van der Waals surface area (Å²) in [5.74, 6) is 1.24. The highest BCUT2D eigenvalue weighted by Crippen LogP contribution is 2.63. The molecule has 2 aliphatic carbocycles. The number of sulfonamides is 1. The number of furan rings is 1. The number of methoxy groups -OCH3 is 1. The maximum absolute atomic E-state index is 13.9. The Hall–Kier alpha value is -3.82. The van der Waals surface area contributed by atoms with Crippen LogP contribution in [-0.4, -0.2) is 62.4 Å². The molecule has 0 N–H and O–H groups in total. The Labute approximate surface area is 233 Å². The Morgan fingerprint density at radius 2 is 2.00 bits per heavy atom. The second-order valence-electron chi connectivity index (χ2n) is 10.8. The summed E-state index contributed by atoms with van der Waals surface area (Å²) in [7, 11) is -0.270. The van der Waals surface area contributed by atoms with Crippen LogP contribution in [0.25, 0.3) is 6.08 Å². The smallest absolute Gasteiger partial charge is 0.246 e. The first-order chi connectivity index (χ1) is 19.4. The van der Waals surface area contributed by atoms with E-state index in [4.69, 9.17) is 13.9 Å². The normalized spacial score (nSPS) is 26.6. The predicted molar refractivity (Wildman–Crippen MR) is 149 cm³/mol. The van der Waals surface area contributed by atoms with E-state index in [1.165, 1.54) is 0 Å². The van der Waals surface area contributed by atoms with Crippen LogP contribution in [0.4, 0.5) is 0 Å². The number of hydrogen-bond donors (Lipinski definition) is 0. The number of likely N-dealkylation sites (N-methyl/N-ethyl adjacent to an activating group) is 1. The van der Waals surface area contributed by atoms with Crippen molar-refractivity contribution in [2.45, 2.75) is 47.8 Å². The first kappa shape index (κ1) is 25.2. The molecule has 40 heavy (non-hydrogen) atoms. The number of rotatable bonds is 6. The van der Waals surface area contributed by atoms with E-state index in [2.05, 4.69) is 6.08 Å². The minimum absolute atomic E-state index is 0.136. The van der Waals surface area contributed by atoms with Crippen molar-refractivity contribution in [3.8, 4) is 11.5 Å². The zero-order valence-electron chi connectivity index (χ0n) is 22.3. The number of hydrogen-bond acceptors (Lipinski definition) is 6. The molecule has 2 bridgehead atoms. The van der Waals surface area contributed by atoms with Crippen molar-refractivity contribution in [1.82, 2.24) is 9.21 Å². The standard InChI is InChI=1S/C31H30N2O6S/c1-32(27(34)13-8-20-14-17-38-19-20)24-11-10-23-25-18-21-9-12-26(37-2)29-28(21)31(23,30(24)39-29)15-16-33(25)40(35,36)22-6-4-3-5-7-22/h3-10,12-14,17,19,24-25,30H,11,15-16,18H2,1-2H3/b13-8+/t24-,25-,30+,31+/m1/s1. The van der Waals surface area contributed by atoms with Crippen LogP contribution in [0.2, 0.25) is 0 Å². The fraction of sp³-hybridized carbons (Fsp3) is 0.323. The number of carbonyl (C=O) groups is 1. The van der Waals surface area contributed by atoms with Crippen molar-refractivity contribution in [3.05, 3.63) is 95.5 Å². The van der Waals surface area contributed by atoms with Crippen molar-refractivity contribution in [3.63, 3.8) is 0 Å². The molecule has 2 aliphatic heterocycles. The molecule has 3 heterocycles. The summed E-state index contributed by atoms with van der Waals surface area (Å²) in [6.45, 7) is 0.361. The van der Waals surface area contributed by atoms with Gasteiger partial charge in [-0.25, -0.2) is 8.42 Å². The van der Waals surface area contributed by atoms with Gasteiger partial charge in [-0.3, -0.25) is 4.79 Å². The van der Waals surface area contributed by atoms with E-state index in [9.17, 15) is 13.2 Å². The largest absolute Gasteiger partial charge is 0.493 e. The summed E-state index contributed by atoms with van der Waals surface area (Å²) >= 11 is 0. The molecule has 7 rings (SSSR count). The number of carbonyl (C=O) groups excluding carboxylic acids is 1. The van der Waals surface area contributed by atoms with E-state index in [0.29, 0.717) is 36.5 Å². The summed E-state index contributed by atoms with van der Waals surface area (Å²) in [5, 5.41) is 0. The molecule has 1 saturated heterocycles. The SMILES string of the molecule is COc1ccc2c3c1O[C@H]1[C@H](N(C)C(=O)/C=C/c4ccoc4)CC=C4[C@@H](C2)N(S(=O)(=O)c2ccccc2)CC[C@]431. The van der Waals surface area contributed by atoms with Crippen LogP contribution in [0.1, 0.15) is 29.5 Å². The van der Waals surface area contributed by atoms with Gasteiger partial charge in [-0.2, -0.15) is 4.31 Å². The van der Waals surface area contributed by atoms with Crippen molar-refractivity contribution < 1.29 is 27.1 Å². The molecule has 4 atom stereocenters. The fourth-order valence-corrected chi connectivity index (χ4v) is 8.86. The second kappa shape index (κ2) is 9.11. The molecule has 9 heteroatoms. The van der Waals surface area contributed by atoms with E-state index in [0.717, 1.165) is 28.0 Å². The van der Waals surface area contributed by atoms with Crippen LogP contribution >= 0.6 is 0 Å². The summed E-state index contributed by atoms with van der Waals surface area (Å²) < 4.78 is 47.0. The Morgan fingerprint density at radius 1 is 1.18 bits per heavy atom. The molecule has 8 nitrogen and oxygen atoms in total. The van der Waals surface area contributed by atoms with E-state index < -0.39 is 15.4 Å². The molecule has 0 saturated carbocycles. The fourth-order valence-electron chi connectivity index (χ4n) is 7.24. The van der Waals surface area contributed by atoms with Crippen molar-refractivity contribution in [1.29, 1.82) is 0 Å². The molecule has 206 valence electrons. The van der Waals surface area contributed by atoms with Gasteiger partial charge in [-0.1, -0.05) is 30.3 Å². The molecule has 0 unspecified atom stereocenters. The number of nitrogens with zero attached hydrogens (tertiary/aromatic N) is 2. The Balaban J connectivity index is 1.32. The third-order valence-corrected chi connectivity index (χ3v) is 11.0. The predicted octanol–water partition coefficient (Wildman–Crippen LogP) is 4.18. The van der Waals surface area contributed by atoms with Gasteiger partial charge in [-0.05, 0) is 60.7 Å². The highest BCUT2D eigenvalue weighted by molar-refractivity contribution is 7.89. The number of ether oxygens (including phenoxy) is 2. The molecular weight excluding hydrogens is 528 g/mol. The molecule has 4 aliphatic rings. The van der Waals surface area contributed by atoms with Crippen LogP contribution in [-0.2, 0) is 26.7 Å². The zero-order chi connectivity index (χ0) is 27.6. The molecule has 1 aromatic heterocycles. The average Bonchev–Trinajstić information content (AvgIpc) is 3.61. The summed E-state index contributed by atoms with van der Waals surface area (Å²) in [6.07, 6.45) is 9.93. The highest BCUT2D eigenvalue weighted by Gasteiger charge is 2.64. The zero-order valence-corrected chi connectivity index (χ0v) is 23.1. The lowest BCUT2D eigenvalue weighted by atomic mass is 9.56. The summed E-state index contributed by atoms with van der Waals surface area (Å²) in [4.78, 5) is 15.4. The third-order valence-electron chi connectivity index (χ3n) is 9.05. The summed E-state index contributed by atoms with van der Waals surface area (Å²) in [6, 6.07) is 13.8. The van der Waals surface area contributed by atoms with E-state index >= 15 is 0 Å². The van der Waals surface area contributed by atoms with Crippen molar-refractivity contribution in [2.75, 3.05) is 20.7 Å². The lowest BCUT2D eigenvalue weighted by molar-refractivity contribution is -0.129. The van der Waals surface area contributed by atoms with Crippen LogP contribution in [0.3, 0.4) is 0 Å². The van der Waals surface area contributed by atoms with Gasteiger partial charge < -0.3 is 18.8 Å². The minimum Gasteiger partial charge on any atom is -0.493 e. The van der Waals surface area contributed by atoms with E-state index in [-0.39, 0.29) is 24.1 Å². The minimum atomic E-state index is -3.71. The Kier molecular flexibility index (Phi) is 5.73. The topological polar surface area (TPSA) is 89.3 Å². The van der Waals surface area contributed by atoms with Gasteiger partial charge in [0.1, 0.15) is 6.10 Å². The highest BCUT2D eigenvalue weighted by atomic mass is 32.2. The number of benzene rings is 2. The number of piperidine rings is 1. The van der Waals surface area contributed by atoms with Crippen molar-refractivity contribution >= 4 is 22.0 Å². The van der Waals surface area contributed by atoms with Gasteiger partial charge in [0.2, 0.25) is 15.9 Å². The van der Waals surface area contributed by atoms with E-state index in [1.54, 1.807) is 71.3 Å². The molecule has 1 fully saturated rings. The Bertz CT molecular complexity index is 1650. The first-order valence-electron chi connectivity index (χ1n) is 13.5. The molecule has 1 amide bonds. The van der Waals surface area contributed by atoms with Crippen LogP contribution in [0.5, 0.6) is 11.5 Å². The maximum Gasteiger partial charge on any atom is 0.246 e. The Morgan fingerprint density at radius 3 is 2.75 bits per heavy atom.